The molecule has 0 unspecified atom stereocenters. The van der Waals surface area contributed by atoms with Gasteiger partial charge in [-0.15, -0.1) is 11.3 Å². The molecule has 2 aromatic rings. The Balaban J connectivity index is 2.22. The van der Waals surface area contributed by atoms with E-state index in [0.29, 0.717) is 5.56 Å². The maximum atomic E-state index is 8.93. The number of nitrogens with zero attached hydrogens (tertiary/aromatic N) is 3. The van der Waals surface area contributed by atoms with Crippen LogP contribution in [0.15, 0.2) is 29.6 Å². The molecule has 2 rings (SSSR count). The lowest BCUT2D eigenvalue weighted by Gasteiger charge is -2.17. The molecule has 0 saturated heterocycles. The van der Waals surface area contributed by atoms with Gasteiger partial charge in [0.15, 0.2) is 0 Å². The van der Waals surface area contributed by atoms with Crippen LogP contribution in [0.25, 0.3) is 0 Å². The summed E-state index contributed by atoms with van der Waals surface area (Å²) in [4.78, 5) is 7.78. The van der Waals surface area contributed by atoms with E-state index in [9.17, 15) is 0 Å². The Morgan fingerprint density at radius 2 is 2.29 bits per heavy atom. The van der Waals surface area contributed by atoms with Crippen molar-refractivity contribution in [2.45, 2.75) is 13.5 Å². The van der Waals surface area contributed by atoms with Crippen molar-refractivity contribution in [2.24, 2.45) is 0 Å². The van der Waals surface area contributed by atoms with Gasteiger partial charge < -0.3 is 4.90 Å². The Hall–Kier alpha value is -1.86. The van der Waals surface area contributed by atoms with Gasteiger partial charge >= 0.3 is 0 Å². The first-order valence-corrected chi connectivity index (χ1v) is 6.19. The molecule has 3 nitrogen and oxygen atoms in total. The largest absolute Gasteiger partial charge is 0.354 e. The van der Waals surface area contributed by atoms with Gasteiger partial charge in [-0.1, -0.05) is 6.07 Å². The molecule has 0 radical (unpaired) electrons. The predicted octanol–water partition coefficient (Wildman–Crippen LogP) is 2.96. The maximum Gasteiger partial charge on any atom is 0.130 e. The van der Waals surface area contributed by atoms with Gasteiger partial charge in [0.05, 0.1) is 18.2 Å². The fourth-order valence-corrected chi connectivity index (χ4v) is 2.39. The van der Waals surface area contributed by atoms with Gasteiger partial charge in [0.2, 0.25) is 0 Å². The van der Waals surface area contributed by atoms with Crippen molar-refractivity contribution in [1.29, 1.82) is 5.26 Å². The zero-order valence-electron chi connectivity index (χ0n) is 9.84. The van der Waals surface area contributed by atoms with E-state index in [-0.39, 0.29) is 0 Å². The number of thiophene rings is 1. The van der Waals surface area contributed by atoms with Crippen LogP contribution in [0.1, 0.15) is 16.1 Å². The van der Waals surface area contributed by atoms with E-state index < -0.39 is 0 Å². The molecule has 0 N–H and O–H groups in total. The summed E-state index contributed by atoms with van der Waals surface area (Å²) in [5.41, 5.74) is 1.53. The summed E-state index contributed by atoms with van der Waals surface area (Å²) >= 11 is 1.73. The van der Waals surface area contributed by atoms with E-state index in [0.717, 1.165) is 18.1 Å². The molecule has 0 amide bonds. The Kier molecular flexibility index (Phi) is 3.40. The molecule has 0 aromatic carbocycles. The highest BCUT2D eigenvalue weighted by Crippen LogP contribution is 2.17. The maximum absolute atomic E-state index is 8.93. The van der Waals surface area contributed by atoms with E-state index in [2.05, 4.69) is 27.4 Å². The Morgan fingerprint density at radius 1 is 1.47 bits per heavy atom. The third-order valence-electron chi connectivity index (χ3n) is 2.43. The molecule has 0 spiro atoms. The molecular formula is C13H13N3S. The fraction of sp³-hybridized carbons (Fsp3) is 0.231. The Labute approximate surface area is 105 Å². The molecule has 86 valence electrons. The lowest BCUT2D eigenvalue weighted by molar-refractivity contribution is 0.905. The average Bonchev–Trinajstić information content (AvgIpc) is 2.81. The Bertz CT molecular complexity index is 540. The summed E-state index contributed by atoms with van der Waals surface area (Å²) in [6, 6.07) is 9.91. The number of pyridine rings is 1. The quantitative estimate of drug-likeness (QED) is 0.832. The van der Waals surface area contributed by atoms with Crippen LogP contribution < -0.4 is 4.90 Å². The SMILES string of the molecule is Cc1cc(C#N)cc(N(C)Cc2cccs2)n1. The van der Waals surface area contributed by atoms with Crippen molar-refractivity contribution in [2.75, 3.05) is 11.9 Å². The molecule has 17 heavy (non-hydrogen) atoms. The summed E-state index contributed by atoms with van der Waals surface area (Å²) in [6.07, 6.45) is 0. The first-order valence-electron chi connectivity index (χ1n) is 5.31. The topological polar surface area (TPSA) is 39.9 Å². The van der Waals surface area contributed by atoms with E-state index >= 15 is 0 Å². The first kappa shape index (κ1) is 11.6. The predicted molar refractivity (Wildman–Crippen MR) is 70.1 cm³/mol. The minimum absolute atomic E-state index is 0.658. The summed E-state index contributed by atoms with van der Waals surface area (Å²) in [5.74, 6) is 0.843. The molecule has 0 saturated carbocycles. The van der Waals surface area contributed by atoms with Crippen LogP contribution in [-0.4, -0.2) is 12.0 Å². The van der Waals surface area contributed by atoms with Crippen molar-refractivity contribution in [3.05, 3.63) is 45.8 Å². The summed E-state index contributed by atoms with van der Waals surface area (Å²) < 4.78 is 0. The molecule has 0 aliphatic carbocycles. The van der Waals surface area contributed by atoms with E-state index in [1.807, 2.05) is 26.1 Å². The minimum Gasteiger partial charge on any atom is -0.354 e. The van der Waals surface area contributed by atoms with Crippen LogP contribution in [-0.2, 0) is 6.54 Å². The second-order valence-electron chi connectivity index (χ2n) is 3.90. The number of hydrogen-bond acceptors (Lipinski definition) is 4. The van der Waals surface area contributed by atoms with Gasteiger partial charge in [-0.25, -0.2) is 4.98 Å². The zero-order valence-corrected chi connectivity index (χ0v) is 10.7. The Morgan fingerprint density at radius 3 is 2.94 bits per heavy atom. The molecule has 0 aliphatic rings. The monoisotopic (exact) mass is 243 g/mol. The second-order valence-corrected chi connectivity index (χ2v) is 4.93. The number of nitriles is 1. The highest BCUT2D eigenvalue weighted by molar-refractivity contribution is 7.09. The van der Waals surface area contributed by atoms with Crippen molar-refractivity contribution in [3.8, 4) is 6.07 Å². The van der Waals surface area contributed by atoms with E-state index in [4.69, 9.17) is 5.26 Å². The lowest BCUT2D eigenvalue weighted by atomic mass is 10.2. The second kappa shape index (κ2) is 4.98. The van der Waals surface area contributed by atoms with Crippen LogP contribution in [0.5, 0.6) is 0 Å². The number of aryl methyl sites for hydroxylation is 1. The summed E-state index contributed by atoms with van der Waals surface area (Å²) in [7, 11) is 1.99. The molecule has 0 fully saturated rings. The van der Waals surface area contributed by atoms with E-state index in [1.165, 1.54) is 4.88 Å². The van der Waals surface area contributed by atoms with E-state index in [1.54, 1.807) is 17.4 Å². The van der Waals surface area contributed by atoms with Gasteiger partial charge in [-0.05, 0) is 30.5 Å². The highest BCUT2D eigenvalue weighted by Gasteiger charge is 2.06. The third kappa shape index (κ3) is 2.83. The lowest BCUT2D eigenvalue weighted by Crippen LogP contribution is -2.17. The van der Waals surface area contributed by atoms with Crippen molar-refractivity contribution in [1.82, 2.24) is 4.98 Å². The van der Waals surface area contributed by atoms with Gasteiger partial charge in [-0.2, -0.15) is 5.26 Å². The smallest absolute Gasteiger partial charge is 0.130 e. The molecule has 0 bridgehead atoms. The van der Waals surface area contributed by atoms with Crippen LogP contribution in [0.2, 0.25) is 0 Å². The molecule has 0 atom stereocenters. The molecule has 2 aromatic heterocycles. The first-order chi connectivity index (χ1) is 8.19. The summed E-state index contributed by atoms with van der Waals surface area (Å²) in [5, 5.41) is 11.0. The number of rotatable bonds is 3. The van der Waals surface area contributed by atoms with Gasteiger partial charge in [0.25, 0.3) is 0 Å². The molecule has 0 aliphatic heterocycles. The normalized spacial score (nSPS) is 9.94. The molecule has 4 heteroatoms. The number of hydrogen-bond donors (Lipinski definition) is 0. The van der Waals surface area contributed by atoms with Gasteiger partial charge in [0.1, 0.15) is 5.82 Å². The van der Waals surface area contributed by atoms with Crippen molar-refractivity contribution >= 4 is 17.2 Å². The number of anilines is 1. The van der Waals surface area contributed by atoms with Crippen molar-refractivity contribution < 1.29 is 0 Å². The van der Waals surface area contributed by atoms with Crippen molar-refractivity contribution in [3.63, 3.8) is 0 Å². The van der Waals surface area contributed by atoms with Crippen LogP contribution >= 0.6 is 11.3 Å². The average molecular weight is 243 g/mol. The van der Waals surface area contributed by atoms with Gasteiger partial charge in [0, 0.05) is 17.6 Å². The van der Waals surface area contributed by atoms with Crippen LogP contribution in [0.3, 0.4) is 0 Å². The highest BCUT2D eigenvalue weighted by atomic mass is 32.1. The third-order valence-corrected chi connectivity index (χ3v) is 3.29. The number of aromatic nitrogens is 1. The van der Waals surface area contributed by atoms with Gasteiger partial charge in [-0.3, -0.25) is 0 Å². The zero-order chi connectivity index (χ0) is 12.3. The minimum atomic E-state index is 0.658. The molecule has 2 heterocycles. The van der Waals surface area contributed by atoms with Crippen LogP contribution in [0, 0.1) is 18.3 Å². The fourth-order valence-electron chi connectivity index (χ4n) is 1.63. The molecular weight excluding hydrogens is 230 g/mol. The standard InChI is InChI=1S/C13H13N3S/c1-10-6-11(8-14)7-13(15-10)16(2)9-12-4-3-5-17-12/h3-7H,9H2,1-2H3. The van der Waals surface area contributed by atoms with Crippen LogP contribution in [0.4, 0.5) is 5.82 Å². The summed E-state index contributed by atoms with van der Waals surface area (Å²) in [6.45, 7) is 2.72.